The van der Waals surface area contributed by atoms with E-state index in [9.17, 15) is 4.79 Å². The molecule has 0 saturated carbocycles. The van der Waals surface area contributed by atoms with Gasteiger partial charge in [0.05, 0.1) is 11.9 Å². The van der Waals surface area contributed by atoms with Gasteiger partial charge in [0.15, 0.2) is 0 Å². The van der Waals surface area contributed by atoms with Crippen LogP contribution in [-0.4, -0.2) is 35.0 Å². The summed E-state index contributed by atoms with van der Waals surface area (Å²) in [6.45, 7) is 1.62. The first-order valence-corrected chi connectivity index (χ1v) is 4.69. The first-order chi connectivity index (χ1) is 6.72. The van der Waals surface area contributed by atoms with Crippen molar-refractivity contribution in [2.45, 2.75) is 0 Å². The van der Waals surface area contributed by atoms with Crippen molar-refractivity contribution in [3.63, 3.8) is 0 Å². The third-order valence-corrected chi connectivity index (χ3v) is 2.70. The lowest BCUT2D eigenvalue weighted by atomic mass is 10.0. The predicted octanol–water partition coefficient (Wildman–Crippen LogP) is -0.148. The van der Waals surface area contributed by atoms with Crippen LogP contribution in [0.1, 0.15) is 0 Å². The third kappa shape index (κ3) is 1.49. The fraction of sp³-hybridized carbons (Fsp3) is 0.500. The Kier molecular flexibility index (Phi) is 2.43. The van der Waals surface area contributed by atoms with Crippen LogP contribution < -0.4 is 10.5 Å². The molecule has 5 nitrogen and oxygen atoms in total. The molecule has 2 rings (SSSR count). The summed E-state index contributed by atoms with van der Waals surface area (Å²) < 4.78 is 0. The standard InChI is InChI=1S/C8H10ClN3O2/c9-7-6(1-10-11-8(7)14)12-2-5(3-12)4-13/h1,5,13H,2-4H2,(H,11,14). The number of rotatable bonds is 2. The Morgan fingerprint density at radius 2 is 2.43 bits per heavy atom. The lowest BCUT2D eigenvalue weighted by molar-refractivity contribution is 0.200. The number of H-pyrrole nitrogens is 1. The summed E-state index contributed by atoms with van der Waals surface area (Å²) in [5, 5.41) is 14.9. The molecule has 1 saturated heterocycles. The van der Waals surface area contributed by atoms with Crippen LogP contribution in [0.2, 0.25) is 5.02 Å². The zero-order valence-corrected chi connectivity index (χ0v) is 8.16. The summed E-state index contributed by atoms with van der Waals surface area (Å²) in [5.74, 6) is 0.283. The van der Waals surface area contributed by atoms with Gasteiger partial charge in [0.2, 0.25) is 0 Å². The van der Waals surface area contributed by atoms with E-state index in [1.165, 1.54) is 6.20 Å². The van der Waals surface area contributed by atoms with Crippen LogP contribution in [0, 0.1) is 5.92 Å². The molecule has 0 spiro atoms. The largest absolute Gasteiger partial charge is 0.396 e. The Morgan fingerprint density at radius 3 is 3.07 bits per heavy atom. The molecule has 1 aromatic rings. The van der Waals surface area contributed by atoms with Crippen molar-refractivity contribution in [3.05, 3.63) is 21.6 Å². The van der Waals surface area contributed by atoms with Gasteiger partial charge in [0.1, 0.15) is 5.02 Å². The molecular formula is C8H10ClN3O2. The number of aliphatic hydroxyl groups is 1. The lowest BCUT2D eigenvalue weighted by Crippen LogP contribution is -2.49. The number of hydrogen-bond donors (Lipinski definition) is 2. The minimum atomic E-state index is -0.378. The lowest BCUT2D eigenvalue weighted by Gasteiger charge is -2.39. The minimum absolute atomic E-state index is 0.163. The fourth-order valence-electron chi connectivity index (χ4n) is 1.48. The van der Waals surface area contributed by atoms with Gasteiger partial charge in [-0.15, -0.1) is 0 Å². The van der Waals surface area contributed by atoms with Crippen molar-refractivity contribution in [1.82, 2.24) is 10.2 Å². The predicted molar refractivity (Wildman–Crippen MR) is 52.7 cm³/mol. The van der Waals surface area contributed by atoms with Gasteiger partial charge in [-0.05, 0) is 0 Å². The number of nitrogens with one attached hydrogen (secondary N) is 1. The number of anilines is 1. The van der Waals surface area contributed by atoms with E-state index in [1.807, 2.05) is 4.90 Å². The Hall–Kier alpha value is -1.07. The van der Waals surface area contributed by atoms with Gasteiger partial charge in [0, 0.05) is 25.6 Å². The van der Waals surface area contributed by atoms with Gasteiger partial charge in [-0.25, -0.2) is 5.10 Å². The molecule has 1 fully saturated rings. The van der Waals surface area contributed by atoms with Crippen molar-refractivity contribution >= 4 is 17.3 Å². The molecule has 6 heteroatoms. The van der Waals surface area contributed by atoms with Crippen molar-refractivity contribution < 1.29 is 5.11 Å². The molecular weight excluding hydrogens is 206 g/mol. The Bertz CT molecular complexity index is 386. The number of nitrogens with zero attached hydrogens (tertiary/aromatic N) is 2. The molecule has 0 aromatic carbocycles. The molecule has 2 heterocycles. The Balaban J connectivity index is 2.19. The van der Waals surface area contributed by atoms with Gasteiger partial charge in [-0.2, -0.15) is 5.10 Å². The van der Waals surface area contributed by atoms with E-state index in [-0.39, 0.29) is 23.1 Å². The van der Waals surface area contributed by atoms with E-state index < -0.39 is 0 Å². The van der Waals surface area contributed by atoms with Gasteiger partial charge >= 0.3 is 0 Å². The molecule has 0 atom stereocenters. The summed E-state index contributed by atoms with van der Waals surface area (Å²) in [7, 11) is 0. The molecule has 2 N–H and O–H groups in total. The van der Waals surface area contributed by atoms with Crippen LogP contribution in [-0.2, 0) is 0 Å². The summed E-state index contributed by atoms with van der Waals surface area (Å²) in [4.78, 5) is 13.0. The molecule has 0 aliphatic carbocycles. The number of aromatic amines is 1. The normalized spacial score (nSPS) is 16.9. The average Bonchev–Trinajstić information content (AvgIpc) is 2.10. The minimum Gasteiger partial charge on any atom is -0.396 e. The van der Waals surface area contributed by atoms with Crippen molar-refractivity contribution in [1.29, 1.82) is 0 Å². The highest BCUT2D eigenvalue weighted by molar-refractivity contribution is 6.33. The van der Waals surface area contributed by atoms with Crippen LogP contribution >= 0.6 is 11.6 Å². The maximum Gasteiger partial charge on any atom is 0.285 e. The second-order valence-electron chi connectivity index (χ2n) is 3.35. The molecule has 76 valence electrons. The summed E-state index contributed by atoms with van der Waals surface area (Å²) in [5.41, 5.74) is 0.261. The smallest absolute Gasteiger partial charge is 0.285 e. The van der Waals surface area contributed by atoms with Gasteiger partial charge in [-0.1, -0.05) is 11.6 Å². The van der Waals surface area contributed by atoms with E-state index in [4.69, 9.17) is 16.7 Å². The van der Waals surface area contributed by atoms with E-state index in [1.54, 1.807) is 0 Å². The van der Waals surface area contributed by atoms with Crippen LogP contribution in [0.15, 0.2) is 11.0 Å². The first kappa shape index (κ1) is 9.48. The van der Waals surface area contributed by atoms with E-state index in [0.29, 0.717) is 5.69 Å². The highest BCUT2D eigenvalue weighted by Gasteiger charge is 2.28. The second kappa shape index (κ2) is 3.59. The van der Waals surface area contributed by atoms with E-state index in [2.05, 4.69) is 10.2 Å². The average molecular weight is 216 g/mol. The fourth-order valence-corrected chi connectivity index (χ4v) is 1.69. The molecule has 0 radical (unpaired) electrons. The van der Waals surface area contributed by atoms with Crippen LogP contribution in [0.25, 0.3) is 0 Å². The van der Waals surface area contributed by atoms with Gasteiger partial charge < -0.3 is 10.0 Å². The maximum atomic E-state index is 11.1. The van der Waals surface area contributed by atoms with E-state index >= 15 is 0 Å². The second-order valence-corrected chi connectivity index (χ2v) is 3.73. The number of aromatic nitrogens is 2. The SMILES string of the molecule is O=c1[nH]ncc(N2CC(CO)C2)c1Cl. The van der Waals surface area contributed by atoms with Crippen LogP contribution in [0.4, 0.5) is 5.69 Å². The Morgan fingerprint density at radius 1 is 1.71 bits per heavy atom. The molecule has 0 amide bonds. The van der Waals surface area contributed by atoms with Crippen molar-refractivity contribution in [3.8, 4) is 0 Å². The van der Waals surface area contributed by atoms with E-state index in [0.717, 1.165) is 13.1 Å². The van der Waals surface area contributed by atoms with Crippen molar-refractivity contribution in [2.75, 3.05) is 24.6 Å². The molecule has 1 aromatic heterocycles. The van der Waals surface area contributed by atoms with Gasteiger partial charge in [-0.3, -0.25) is 4.79 Å². The first-order valence-electron chi connectivity index (χ1n) is 4.31. The zero-order valence-electron chi connectivity index (χ0n) is 7.40. The highest BCUT2D eigenvalue weighted by Crippen LogP contribution is 2.27. The zero-order chi connectivity index (χ0) is 10.1. The number of hydrogen-bond acceptors (Lipinski definition) is 4. The Labute approximate surface area is 85.3 Å². The molecule has 0 bridgehead atoms. The summed E-state index contributed by atoms with van der Waals surface area (Å²) >= 11 is 5.80. The quantitative estimate of drug-likeness (QED) is 0.720. The number of halogens is 1. The van der Waals surface area contributed by atoms with Crippen molar-refractivity contribution in [2.24, 2.45) is 5.92 Å². The summed E-state index contributed by atoms with van der Waals surface area (Å²) in [6.07, 6.45) is 1.53. The molecule has 1 aliphatic heterocycles. The summed E-state index contributed by atoms with van der Waals surface area (Å²) in [6, 6.07) is 0. The highest BCUT2D eigenvalue weighted by atomic mass is 35.5. The molecule has 1 aliphatic rings. The third-order valence-electron chi connectivity index (χ3n) is 2.33. The van der Waals surface area contributed by atoms with Gasteiger partial charge in [0.25, 0.3) is 5.56 Å². The van der Waals surface area contributed by atoms with Crippen LogP contribution in [0.3, 0.4) is 0 Å². The monoisotopic (exact) mass is 215 g/mol. The topological polar surface area (TPSA) is 69.2 Å². The number of aliphatic hydroxyl groups excluding tert-OH is 1. The van der Waals surface area contributed by atoms with Crippen LogP contribution in [0.5, 0.6) is 0 Å². The maximum absolute atomic E-state index is 11.1. The molecule has 0 unspecified atom stereocenters. The molecule has 14 heavy (non-hydrogen) atoms.